The van der Waals surface area contributed by atoms with Crippen LogP contribution in [0.4, 0.5) is 0 Å². The predicted molar refractivity (Wildman–Crippen MR) is 109 cm³/mol. The molecule has 0 saturated carbocycles. The minimum atomic E-state index is -0.133. The summed E-state index contributed by atoms with van der Waals surface area (Å²) in [5, 5.41) is 0. The van der Waals surface area contributed by atoms with Gasteiger partial charge in [-0.1, -0.05) is 18.2 Å². The first-order valence-corrected chi connectivity index (χ1v) is 10.3. The number of hydrogen-bond donors (Lipinski definition) is 0. The highest BCUT2D eigenvalue weighted by Crippen LogP contribution is 2.18. The first kappa shape index (κ1) is 20.5. The molecule has 0 bridgehead atoms. The molecule has 0 N–H and O–H groups in total. The number of aryl methyl sites for hydroxylation is 1. The summed E-state index contributed by atoms with van der Waals surface area (Å²) >= 11 is 3.22. The van der Waals surface area contributed by atoms with Crippen LogP contribution in [-0.4, -0.2) is 54.4 Å². The van der Waals surface area contributed by atoms with Crippen molar-refractivity contribution >= 4 is 27.7 Å². The number of halogens is 1. The largest absolute Gasteiger partial charge is 0.493 e. The molecule has 1 aromatic carbocycles. The molecule has 0 spiro atoms. The Kier molecular flexibility index (Phi) is 7.14. The van der Waals surface area contributed by atoms with E-state index in [-0.39, 0.29) is 11.8 Å². The maximum atomic E-state index is 12.5. The fourth-order valence-electron chi connectivity index (χ4n) is 3.24. The first-order chi connectivity index (χ1) is 13.5. The predicted octanol–water partition coefficient (Wildman–Crippen LogP) is 3.88. The number of para-hydroxylation sites is 1. The van der Waals surface area contributed by atoms with Crippen molar-refractivity contribution in [1.82, 2.24) is 9.80 Å². The van der Waals surface area contributed by atoms with Gasteiger partial charge in [0.25, 0.3) is 5.91 Å². The molecule has 1 aliphatic heterocycles. The van der Waals surface area contributed by atoms with Gasteiger partial charge in [-0.25, -0.2) is 0 Å². The topological polar surface area (TPSA) is 63.0 Å². The molecule has 150 valence electrons. The summed E-state index contributed by atoms with van der Waals surface area (Å²) in [6, 6.07) is 11.2. The second kappa shape index (κ2) is 9.78. The van der Waals surface area contributed by atoms with Crippen LogP contribution in [-0.2, 0) is 4.79 Å². The molecule has 2 heterocycles. The Balaban J connectivity index is 1.42. The minimum absolute atomic E-state index is 0.114. The van der Waals surface area contributed by atoms with E-state index in [1.165, 1.54) is 0 Å². The molecule has 3 rings (SSSR count). The van der Waals surface area contributed by atoms with Gasteiger partial charge in [-0.3, -0.25) is 9.59 Å². The molecule has 0 radical (unpaired) electrons. The highest BCUT2D eigenvalue weighted by Gasteiger charge is 2.24. The summed E-state index contributed by atoms with van der Waals surface area (Å²) in [6.07, 6.45) is 1.89. The molecule has 2 amide bonds. The molecule has 1 aromatic heterocycles. The molecule has 1 aliphatic rings. The number of benzene rings is 1. The molecule has 1 fully saturated rings. The van der Waals surface area contributed by atoms with Crippen LogP contribution < -0.4 is 4.74 Å². The van der Waals surface area contributed by atoms with E-state index in [2.05, 4.69) is 15.9 Å². The SMILES string of the molecule is Cc1ccccc1OCCCC(=O)N1CCCN(C(=O)c2ccc(Br)o2)CC1. The van der Waals surface area contributed by atoms with Gasteiger partial charge in [-0.15, -0.1) is 0 Å². The van der Waals surface area contributed by atoms with E-state index in [4.69, 9.17) is 9.15 Å². The average molecular weight is 449 g/mol. The number of rotatable bonds is 6. The van der Waals surface area contributed by atoms with Crippen molar-refractivity contribution in [3.8, 4) is 5.75 Å². The number of nitrogens with zero attached hydrogens (tertiary/aromatic N) is 2. The van der Waals surface area contributed by atoms with Gasteiger partial charge in [0.2, 0.25) is 5.91 Å². The maximum Gasteiger partial charge on any atom is 0.289 e. The number of carbonyl (C=O) groups excluding carboxylic acids is 2. The molecule has 0 aliphatic carbocycles. The van der Waals surface area contributed by atoms with Crippen LogP contribution in [0.25, 0.3) is 0 Å². The van der Waals surface area contributed by atoms with Gasteiger partial charge in [0, 0.05) is 32.6 Å². The van der Waals surface area contributed by atoms with Gasteiger partial charge in [-0.2, -0.15) is 0 Å². The van der Waals surface area contributed by atoms with Crippen molar-refractivity contribution in [3.05, 3.63) is 52.4 Å². The van der Waals surface area contributed by atoms with Crippen LogP contribution in [0.3, 0.4) is 0 Å². The molecule has 1 saturated heterocycles. The Hall–Kier alpha value is -2.28. The van der Waals surface area contributed by atoms with Gasteiger partial charge >= 0.3 is 0 Å². The number of furan rings is 1. The quantitative estimate of drug-likeness (QED) is 0.628. The van der Waals surface area contributed by atoms with E-state index in [1.54, 1.807) is 17.0 Å². The first-order valence-electron chi connectivity index (χ1n) is 9.55. The van der Waals surface area contributed by atoms with E-state index < -0.39 is 0 Å². The lowest BCUT2D eigenvalue weighted by atomic mass is 10.2. The minimum Gasteiger partial charge on any atom is -0.493 e. The Labute approximate surface area is 173 Å². The van der Waals surface area contributed by atoms with Crippen molar-refractivity contribution in [1.29, 1.82) is 0 Å². The third kappa shape index (κ3) is 5.38. The fraction of sp³-hybridized carbons (Fsp3) is 0.429. The summed E-state index contributed by atoms with van der Waals surface area (Å²) in [7, 11) is 0. The molecule has 0 atom stereocenters. The molecule has 0 unspecified atom stereocenters. The standard InChI is InChI=1S/C21H25BrN2O4/c1-16-6-2-3-7-17(16)27-15-4-8-20(25)23-11-5-12-24(14-13-23)21(26)18-9-10-19(22)28-18/h2-3,6-7,9-10H,4-5,8,11-15H2,1H3. The Bertz CT molecular complexity index is 820. The summed E-state index contributed by atoms with van der Waals surface area (Å²) in [4.78, 5) is 28.6. The highest BCUT2D eigenvalue weighted by atomic mass is 79.9. The maximum absolute atomic E-state index is 12.5. The van der Waals surface area contributed by atoms with Crippen LogP contribution in [0.2, 0.25) is 0 Å². The zero-order valence-electron chi connectivity index (χ0n) is 16.0. The number of carbonyl (C=O) groups is 2. The van der Waals surface area contributed by atoms with Gasteiger partial charge < -0.3 is 19.0 Å². The Morgan fingerprint density at radius 1 is 1.07 bits per heavy atom. The number of hydrogen-bond acceptors (Lipinski definition) is 4. The molecule has 7 heteroatoms. The van der Waals surface area contributed by atoms with Gasteiger partial charge in [0.05, 0.1) is 6.61 Å². The second-order valence-corrected chi connectivity index (χ2v) is 7.63. The summed E-state index contributed by atoms with van der Waals surface area (Å²) < 4.78 is 11.7. The molecular weight excluding hydrogens is 424 g/mol. The third-order valence-corrected chi connectivity index (χ3v) is 5.23. The summed E-state index contributed by atoms with van der Waals surface area (Å²) in [5.74, 6) is 1.17. The fourth-order valence-corrected chi connectivity index (χ4v) is 3.54. The molecule has 28 heavy (non-hydrogen) atoms. The lowest BCUT2D eigenvalue weighted by molar-refractivity contribution is -0.131. The van der Waals surface area contributed by atoms with Crippen molar-refractivity contribution in [2.75, 3.05) is 32.8 Å². The molecular formula is C21H25BrN2O4. The lowest BCUT2D eigenvalue weighted by Gasteiger charge is -2.21. The monoisotopic (exact) mass is 448 g/mol. The summed E-state index contributed by atoms with van der Waals surface area (Å²) in [6.45, 7) is 4.88. The van der Waals surface area contributed by atoms with E-state index >= 15 is 0 Å². The zero-order valence-corrected chi connectivity index (χ0v) is 17.6. The van der Waals surface area contributed by atoms with Crippen molar-refractivity contribution < 1.29 is 18.7 Å². The molecule has 6 nitrogen and oxygen atoms in total. The van der Waals surface area contributed by atoms with Crippen LogP contribution >= 0.6 is 15.9 Å². The highest BCUT2D eigenvalue weighted by molar-refractivity contribution is 9.10. The van der Waals surface area contributed by atoms with Crippen molar-refractivity contribution in [2.24, 2.45) is 0 Å². The van der Waals surface area contributed by atoms with Gasteiger partial charge in [0.1, 0.15) is 5.75 Å². The van der Waals surface area contributed by atoms with Crippen LogP contribution in [0, 0.1) is 6.92 Å². The number of ether oxygens (including phenoxy) is 1. The van der Waals surface area contributed by atoms with E-state index in [1.807, 2.05) is 36.1 Å². The van der Waals surface area contributed by atoms with Crippen molar-refractivity contribution in [3.63, 3.8) is 0 Å². The zero-order chi connectivity index (χ0) is 19.9. The average Bonchev–Trinajstić information content (AvgIpc) is 2.98. The van der Waals surface area contributed by atoms with Gasteiger partial charge in [0.15, 0.2) is 10.4 Å². The van der Waals surface area contributed by atoms with Crippen LogP contribution in [0.15, 0.2) is 45.5 Å². The van der Waals surface area contributed by atoms with Crippen molar-refractivity contribution in [2.45, 2.75) is 26.2 Å². The molecule has 2 aromatic rings. The Morgan fingerprint density at radius 3 is 2.57 bits per heavy atom. The van der Waals surface area contributed by atoms with E-state index in [0.29, 0.717) is 56.1 Å². The van der Waals surface area contributed by atoms with E-state index in [9.17, 15) is 9.59 Å². The van der Waals surface area contributed by atoms with Crippen LogP contribution in [0.1, 0.15) is 35.4 Å². The van der Waals surface area contributed by atoms with E-state index in [0.717, 1.165) is 17.7 Å². The number of amides is 2. The van der Waals surface area contributed by atoms with Gasteiger partial charge in [-0.05, 0) is 59.5 Å². The smallest absolute Gasteiger partial charge is 0.289 e. The third-order valence-electron chi connectivity index (χ3n) is 4.81. The second-order valence-electron chi connectivity index (χ2n) is 6.85. The normalized spacial score (nSPS) is 14.6. The summed E-state index contributed by atoms with van der Waals surface area (Å²) in [5.41, 5.74) is 1.09. The van der Waals surface area contributed by atoms with Crippen LogP contribution in [0.5, 0.6) is 5.75 Å². The Morgan fingerprint density at radius 2 is 1.82 bits per heavy atom. The lowest BCUT2D eigenvalue weighted by Crippen LogP contribution is -2.37.